The Labute approximate surface area is 153 Å². The molecule has 2 aromatic carbocycles. The molecule has 0 saturated heterocycles. The maximum atomic E-state index is 12.1. The number of anilines is 1. The molecular weight excluding hydrogens is 354 g/mol. The summed E-state index contributed by atoms with van der Waals surface area (Å²) < 4.78 is 6.15. The van der Waals surface area contributed by atoms with Gasteiger partial charge >= 0.3 is 5.97 Å². The lowest BCUT2D eigenvalue weighted by Gasteiger charge is -2.11. The molecule has 9 heteroatoms. The van der Waals surface area contributed by atoms with E-state index in [1.54, 1.807) is 6.07 Å². The molecule has 0 aliphatic carbocycles. The van der Waals surface area contributed by atoms with Crippen molar-refractivity contribution in [3.63, 3.8) is 0 Å². The average molecular weight is 369 g/mol. The Hall–Kier alpha value is -3.20. The highest BCUT2D eigenvalue weighted by Crippen LogP contribution is 2.33. The monoisotopic (exact) mass is 369 g/mol. The molecule has 0 saturated carbocycles. The number of carbonyl (C=O) groups is 2. The molecule has 0 unspecified atom stereocenters. The summed E-state index contributed by atoms with van der Waals surface area (Å²) >= 11 is 1.54. The third kappa shape index (κ3) is 5.15. The fourth-order valence-electron chi connectivity index (χ4n) is 2.04. The molecule has 1 N–H and O–H groups in total. The Balaban J connectivity index is 1.55. The van der Waals surface area contributed by atoms with E-state index in [9.17, 15) is 9.59 Å². The minimum absolute atomic E-state index is 0.152. The van der Waals surface area contributed by atoms with Crippen LogP contribution in [0.4, 0.5) is 5.69 Å². The van der Waals surface area contributed by atoms with Gasteiger partial charge in [0.25, 0.3) is 5.91 Å². The first-order chi connectivity index (χ1) is 12.7. The molecule has 1 heterocycles. The van der Waals surface area contributed by atoms with E-state index in [2.05, 4.69) is 20.8 Å². The summed E-state index contributed by atoms with van der Waals surface area (Å²) in [5.41, 5.74) is 0.655. The number of esters is 1. The van der Waals surface area contributed by atoms with E-state index in [1.165, 1.54) is 22.8 Å². The van der Waals surface area contributed by atoms with Gasteiger partial charge in [-0.1, -0.05) is 42.1 Å². The van der Waals surface area contributed by atoms with Crippen molar-refractivity contribution in [2.75, 3.05) is 11.9 Å². The molecule has 0 radical (unpaired) electrons. The van der Waals surface area contributed by atoms with Crippen LogP contribution in [0.2, 0.25) is 0 Å². The molecule has 1 amide bonds. The van der Waals surface area contributed by atoms with E-state index in [-0.39, 0.29) is 13.2 Å². The number of hydrogen-bond acceptors (Lipinski definition) is 7. The van der Waals surface area contributed by atoms with Crippen molar-refractivity contribution in [3.05, 3.63) is 60.9 Å². The lowest BCUT2D eigenvalue weighted by atomic mass is 10.3. The highest BCUT2D eigenvalue weighted by molar-refractivity contribution is 7.99. The fraction of sp³-hybridized carbons (Fsp3) is 0.118. The van der Waals surface area contributed by atoms with Crippen molar-refractivity contribution in [3.8, 4) is 0 Å². The lowest BCUT2D eigenvalue weighted by Crippen LogP contribution is -2.23. The predicted octanol–water partition coefficient (Wildman–Crippen LogP) is 2.01. The Morgan fingerprint density at radius 1 is 1.08 bits per heavy atom. The van der Waals surface area contributed by atoms with Gasteiger partial charge in [-0.3, -0.25) is 9.59 Å². The van der Waals surface area contributed by atoms with Gasteiger partial charge in [0.15, 0.2) is 6.61 Å². The van der Waals surface area contributed by atoms with Crippen LogP contribution >= 0.6 is 11.8 Å². The number of aromatic nitrogens is 4. The van der Waals surface area contributed by atoms with Crippen LogP contribution < -0.4 is 5.32 Å². The van der Waals surface area contributed by atoms with E-state index in [0.717, 1.165) is 9.79 Å². The number of amides is 1. The van der Waals surface area contributed by atoms with Crippen molar-refractivity contribution in [2.45, 2.75) is 16.3 Å². The second-order valence-electron chi connectivity index (χ2n) is 5.13. The van der Waals surface area contributed by atoms with Gasteiger partial charge in [0.1, 0.15) is 12.9 Å². The lowest BCUT2D eigenvalue weighted by molar-refractivity contribution is -0.148. The largest absolute Gasteiger partial charge is 0.454 e. The van der Waals surface area contributed by atoms with E-state index in [4.69, 9.17) is 4.74 Å². The summed E-state index contributed by atoms with van der Waals surface area (Å²) in [7, 11) is 0. The van der Waals surface area contributed by atoms with E-state index in [1.807, 2.05) is 48.5 Å². The third-order valence-electron chi connectivity index (χ3n) is 3.18. The maximum Gasteiger partial charge on any atom is 0.328 e. The summed E-state index contributed by atoms with van der Waals surface area (Å²) in [4.78, 5) is 25.7. The number of ether oxygens (including phenoxy) is 1. The number of rotatable bonds is 7. The minimum atomic E-state index is -0.598. The first-order valence-corrected chi connectivity index (χ1v) is 8.50. The van der Waals surface area contributed by atoms with E-state index in [0.29, 0.717) is 5.69 Å². The summed E-state index contributed by atoms with van der Waals surface area (Å²) in [6.45, 7) is -0.536. The van der Waals surface area contributed by atoms with E-state index >= 15 is 0 Å². The third-order valence-corrected chi connectivity index (χ3v) is 4.26. The first kappa shape index (κ1) is 17.6. The molecule has 1 aromatic heterocycles. The molecular formula is C17H15N5O3S. The average Bonchev–Trinajstić information content (AvgIpc) is 3.15. The van der Waals surface area contributed by atoms with Crippen molar-refractivity contribution in [2.24, 2.45) is 0 Å². The van der Waals surface area contributed by atoms with Crippen molar-refractivity contribution in [1.82, 2.24) is 20.2 Å². The van der Waals surface area contributed by atoms with Gasteiger partial charge in [0.05, 0.1) is 5.69 Å². The number of para-hydroxylation sites is 1. The van der Waals surface area contributed by atoms with E-state index < -0.39 is 11.9 Å². The normalized spacial score (nSPS) is 10.3. The minimum Gasteiger partial charge on any atom is -0.454 e. The molecule has 8 nitrogen and oxygen atoms in total. The molecule has 0 fully saturated rings. The van der Waals surface area contributed by atoms with Crippen LogP contribution in [-0.4, -0.2) is 38.7 Å². The fourth-order valence-corrected chi connectivity index (χ4v) is 2.96. The van der Waals surface area contributed by atoms with Crippen LogP contribution in [0.3, 0.4) is 0 Å². The number of tetrazole rings is 1. The van der Waals surface area contributed by atoms with Crippen LogP contribution in [0.5, 0.6) is 0 Å². The predicted molar refractivity (Wildman–Crippen MR) is 94.4 cm³/mol. The van der Waals surface area contributed by atoms with Crippen molar-refractivity contribution < 1.29 is 14.3 Å². The summed E-state index contributed by atoms with van der Waals surface area (Å²) in [6, 6.07) is 17.3. The van der Waals surface area contributed by atoms with Gasteiger partial charge < -0.3 is 10.1 Å². The molecule has 0 atom stereocenters. The van der Waals surface area contributed by atoms with Gasteiger partial charge in [-0.2, -0.15) is 0 Å². The molecule has 0 aliphatic heterocycles. The van der Waals surface area contributed by atoms with Crippen molar-refractivity contribution in [1.29, 1.82) is 0 Å². The second-order valence-corrected chi connectivity index (χ2v) is 6.24. The molecule has 0 spiro atoms. The molecule has 0 aliphatic rings. The molecule has 0 bridgehead atoms. The van der Waals surface area contributed by atoms with Gasteiger partial charge in [-0.25, -0.2) is 4.68 Å². The van der Waals surface area contributed by atoms with Crippen LogP contribution in [0.15, 0.2) is 70.7 Å². The Morgan fingerprint density at radius 2 is 1.85 bits per heavy atom. The van der Waals surface area contributed by atoms with Crippen molar-refractivity contribution >= 4 is 29.3 Å². The van der Waals surface area contributed by atoms with Gasteiger partial charge in [-0.15, -0.1) is 5.10 Å². The number of benzene rings is 2. The van der Waals surface area contributed by atoms with Gasteiger partial charge in [0, 0.05) is 9.79 Å². The first-order valence-electron chi connectivity index (χ1n) is 7.69. The number of nitrogens with one attached hydrogen (secondary N) is 1. The molecule has 3 aromatic rings. The molecule has 3 rings (SSSR count). The standard InChI is InChI=1S/C17H15N5O3S/c23-16(11-25-17(24)10-22-12-18-20-21-22)19-14-8-4-5-9-15(14)26-13-6-2-1-3-7-13/h1-9,12H,10-11H2,(H,19,23). The zero-order chi connectivity index (χ0) is 18.2. The SMILES string of the molecule is O=C(COC(=O)Cn1cnnn1)Nc1ccccc1Sc1ccccc1. The second kappa shape index (κ2) is 8.77. The van der Waals surface area contributed by atoms with Crippen LogP contribution in [0.1, 0.15) is 0 Å². The van der Waals surface area contributed by atoms with Crippen LogP contribution in [0.25, 0.3) is 0 Å². The molecule has 132 valence electrons. The smallest absolute Gasteiger partial charge is 0.328 e. The van der Waals surface area contributed by atoms with Gasteiger partial charge in [0.2, 0.25) is 0 Å². The topological polar surface area (TPSA) is 99.0 Å². The quantitative estimate of drug-likeness (QED) is 0.636. The summed E-state index contributed by atoms with van der Waals surface area (Å²) in [5, 5.41) is 13.1. The zero-order valence-corrected chi connectivity index (χ0v) is 14.4. The summed E-state index contributed by atoms with van der Waals surface area (Å²) in [5.74, 6) is -1.02. The molecule has 26 heavy (non-hydrogen) atoms. The zero-order valence-electron chi connectivity index (χ0n) is 13.6. The Bertz CT molecular complexity index is 871. The highest BCUT2D eigenvalue weighted by atomic mass is 32.2. The number of nitrogens with zero attached hydrogens (tertiary/aromatic N) is 4. The Morgan fingerprint density at radius 3 is 2.62 bits per heavy atom. The maximum absolute atomic E-state index is 12.1. The van der Waals surface area contributed by atoms with Crippen LogP contribution in [0, 0.1) is 0 Å². The summed E-state index contributed by atoms with van der Waals surface area (Å²) in [6.07, 6.45) is 1.29. The van der Waals surface area contributed by atoms with Gasteiger partial charge in [-0.05, 0) is 34.7 Å². The number of hydrogen-bond donors (Lipinski definition) is 1. The number of carbonyl (C=O) groups excluding carboxylic acids is 2. The van der Waals surface area contributed by atoms with Crippen LogP contribution in [-0.2, 0) is 20.9 Å². The Kier molecular flexibility index (Phi) is 5.94. The highest BCUT2D eigenvalue weighted by Gasteiger charge is 2.11.